The third kappa shape index (κ3) is 7.82. The van der Waals surface area contributed by atoms with Crippen molar-refractivity contribution in [2.24, 2.45) is 5.92 Å². The summed E-state index contributed by atoms with van der Waals surface area (Å²) in [5.74, 6) is 0.575. The van der Waals surface area contributed by atoms with Crippen molar-refractivity contribution in [3.05, 3.63) is 0 Å². The second-order valence-corrected chi connectivity index (χ2v) is 3.62. The Hall–Kier alpha value is -0.0800. The molecule has 0 radical (unpaired) electrons. The number of rotatable bonds is 5. The highest BCUT2D eigenvalue weighted by atomic mass is 16.5. The van der Waals surface area contributed by atoms with E-state index in [0.717, 1.165) is 13.0 Å². The van der Waals surface area contributed by atoms with Gasteiger partial charge in [-0.2, -0.15) is 0 Å². The van der Waals surface area contributed by atoms with Crippen LogP contribution in [0.2, 0.25) is 0 Å². The molecular formula is C9H20O2. The van der Waals surface area contributed by atoms with Crippen molar-refractivity contribution in [3.63, 3.8) is 0 Å². The summed E-state index contributed by atoms with van der Waals surface area (Å²) in [6.07, 6.45) is 0.654. The van der Waals surface area contributed by atoms with Crippen molar-refractivity contribution in [2.45, 2.75) is 46.3 Å². The second kappa shape index (κ2) is 5.56. The maximum atomic E-state index is 9.01. The first-order valence-corrected chi connectivity index (χ1v) is 4.32. The van der Waals surface area contributed by atoms with E-state index in [1.165, 1.54) is 0 Å². The van der Waals surface area contributed by atoms with E-state index in [0.29, 0.717) is 5.92 Å². The lowest BCUT2D eigenvalue weighted by Crippen LogP contribution is -2.17. The molecule has 2 unspecified atom stereocenters. The van der Waals surface area contributed by atoms with Gasteiger partial charge in [-0.1, -0.05) is 13.8 Å². The number of hydrogen-bond donors (Lipinski definition) is 1. The third-order valence-corrected chi connectivity index (χ3v) is 1.39. The van der Waals surface area contributed by atoms with Crippen LogP contribution in [-0.2, 0) is 4.74 Å². The Morgan fingerprint density at radius 2 is 1.73 bits per heavy atom. The molecule has 0 aliphatic carbocycles. The summed E-state index contributed by atoms with van der Waals surface area (Å²) < 4.78 is 5.45. The van der Waals surface area contributed by atoms with Crippen LogP contribution < -0.4 is 0 Å². The van der Waals surface area contributed by atoms with Gasteiger partial charge < -0.3 is 9.84 Å². The first-order chi connectivity index (χ1) is 5.02. The summed E-state index contributed by atoms with van der Waals surface area (Å²) in [6, 6.07) is 0. The molecule has 0 rings (SSSR count). The van der Waals surface area contributed by atoms with Crippen LogP contribution in [0.5, 0.6) is 0 Å². The molecule has 0 aliphatic rings. The molecule has 2 atom stereocenters. The van der Waals surface area contributed by atoms with Gasteiger partial charge in [-0.25, -0.2) is 0 Å². The van der Waals surface area contributed by atoms with Gasteiger partial charge in [-0.05, 0) is 26.2 Å². The van der Waals surface area contributed by atoms with Gasteiger partial charge in [0.2, 0.25) is 0 Å². The van der Waals surface area contributed by atoms with Crippen molar-refractivity contribution in [1.82, 2.24) is 0 Å². The predicted molar refractivity (Wildman–Crippen MR) is 46.5 cm³/mol. The molecule has 2 heteroatoms. The fourth-order valence-corrected chi connectivity index (χ4v) is 0.905. The van der Waals surface area contributed by atoms with Crippen LogP contribution in [0.25, 0.3) is 0 Å². The highest BCUT2D eigenvalue weighted by molar-refractivity contribution is 4.55. The highest BCUT2D eigenvalue weighted by Crippen LogP contribution is 2.04. The van der Waals surface area contributed by atoms with Gasteiger partial charge in [-0.15, -0.1) is 0 Å². The molecule has 68 valence electrons. The molecule has 0 bridgehead atoms. The number of aliphatic hydroxyl groups is 1. The van der Waals surface area contributed by atoms with Gasteiger partial charge in [0.1, 0.15) is 0 Å². The molecule has 0 aromatic rings. The van der Waals surface area contributed by atoms with E-state index in [9.17, 15) is 0 Å². The second-order valence-electron chi connectivity index (χ2n) is 3.62. The SMILES string of the molecule is CC(C)COC(C)CC(C)O. The Balaban J connectivity index is 3.29. The minimum absolute atomic E-state index is 0.178. The first kappa shape index (κ1) is 10.9. The van der Waals surface area contributed by atoms with E-state index in [2.05, 4.69) is 13.8 Å². The van der Waals surface area contributed by atoms with Gasteiger partial charge in [0.25, 0.3) is 0 Å². The van der Waals surface area contributed by atoms with Crippen LogP contribution >= 0.6 is 0 Å². The van der Waals surface area contributed by atoms with Crippen molar-refractivity contribution < 1.29 is 9.84 Å². The molecule has 2 nitrogen and oxygen atoms in total. The van der Waals surface area contributed by atoms with Gasteiger partial charge >= 0.3 is 0 Å². The van der Waals surface area contributed by atoms with Gasteiger partial charge in [-0.3, -0.25) is 0 Å². The summed E-state index contributed by atoms with van der Waals surface area (Å²) >= 11 is 0. The Kier molecular flexibility index (Phi) is 5.51. The quantitative estimate of drug-likeness (QED) is 0.664. The molecule has 0 fully saturated rings. The molecule has 0 saturated heterocycles. The lowest BCUT2D eigenvalue weighted by Gasteiger charge is -2.15. The molecule has 0 heterocycles. The highest BCUT2D eigenvalue weighted by Gasteiger charge is 2.06. The molecular weight excluding hydrogens is 140 g/mol. The van der Waals surface area contributed by atoms with Crippen LogP contribution in [0.3, 0.4) is 0 Å². The van der Waals surface area contributed by atoms with Crippen molar-refractivity contribution >= 4 is 0 Å². The zero-order valence-electron chi connectivity index (χ0n) is 8.00. The monoisotopic (exact) mass is 160 g/mol. The molecule has 0 aromatic carbocycles. The number of aliphatic hydroxyl groups excluding tert-OH is 1. The average Bonchev–Trinajstić information content (AvgIpc) is 1.82. The van der Waals surface area contributed by atoms with Gasteiger partial charge in [0, 0.05) is 6.61 Å². The smallest absolute Gasteiger partial charge is 0.0571 e. The van der Waals surface area contributed by atoms with Crippen LogP contribution in [0.4, 0.5) is 0 Å². The summed E-state index contributed by atoms with van der Waals surface area (Å²) in [5.41, 5.74) is 0. The molecule has 0 aliphatic heterocycles. The molecule has 0 spiro atoms. The summed E-state index contributed by atoms with van der Waals surface area (Å²) in [4.78, 5) is 0. The zero-order valence-corrected chi connectivity index (χ0v) is 8.00. The van der Waals surface area contributed by atoms with E-state index in [4.69, 9.17) is 9.84 Å². The Bertz CT molecular complexity index is 89.6. The van der Waals surface area contributed by atoms with E-state index in [1.807, 2.05) is 6.92 Å². The van der Waals surface area contributed by atoms with Gasteiger partial charge in [0.05, 0.1) is 12.2 Å². The topological polar surface area (TPSA) is 29.5 Å². The Morgan fingerprint density at radius 3 is 2.09 bits per heavy atom. The van der Waals surface area contributed by atoms with Crippen LogP contribution in [0.15, 0.2) is 0 Å². The average molecular weight is 160 g/mol. The van der Waals surface area contributed by atoms with Crippen LogP contribution in [-0.4, -0.2) is 23.9 Å². The largest absolute Gasteiger partial charge is 0.393 e. The lowest BCUT2D eigenvalue weighted by atomic mass is 10.2. The standard InChI is InChI=1S/C9H20O2/c1-7(2)6-11-9(4)5-8(3)10/h7-10H,5-6H2,1-4H3. The van der Waals surface area contributed by atoms with E-state index >= 15 is 0 Å². The zero-order chi connectivity index (χ0) is 8.85. The van der Waals surface area contributed by atoms with Crippen LogP contribution in [0, 0.1) is 5.92 Å². The lowest BCUT2D eigenvalue weighted by molar-refractivity contribution is 0.0162. The predicted octanol–water partition coefficient (Wildman–Crippen LogP) is 1.82. The molecule has 11 heavy (non-hydrogen) atoms. The van der Waals surface area contributed by atoms with E-state index in [-0.39, 0.29) is 12.2 Å². The fourth-order valence-electron chi connectivity index (χ4n) is 0.905. The number of hydrogen-bond acceptors (Lipinski definition) is 2. The van der Waals surface area contributed by atoms with E-state index < -0.39 is 0 Å². The minimum Gasteiger partial charge on any atom is -0.393 e. The van der Waals surface area contributed by atoms with Crippen molar-refractivity contribution in [3.8, 4) is 0 Å². The molecule has 0 aromatic heterocycles. The maximum Gasteiger partial charge on any atom is 0.0571 e. The fraction of sp³-hybridized carbons (Fsp3) is 1.00. The normalized spacial score (nSPS) is 16.9. The van der Waals surface area contributed by atoms with Gasteiger partial charge in [0.15, 0.2) is 0 Å². The van der Waals surface area contributed by atoms with Crippen molar-refractivity contribution in [1.29, 1.82) is 0 Å². The summed E-state index contributed by atoms with van der Waals surface area (Å²) in [5, 5.41) is 9.01. The summed E-state index contributed by atoms with van der Waals surface area (Å²) in [6.45, 7) is 8.81. The summed E-state index contributed by atoms with van der Waals surface area (Å²) in [7, 11) is 0. The minimum atomic E-state index is -0.253. The molecule has 0 saturated carbocycles. The Labute approximate surface area is 69.6 Å². The van der Waals surface area contributed by atoms with E-state index in [1.54, 1.807) is 6.92 Å². The van der Waals surface area contributed by atoms with Crippen LogP contribution in [0.1, 0.15) is 34.1 Å². The van der Waals surface area contributed by atoms with Crippen molar-refractivity contribution in [2.75, 3.05) is 6.61 Å². The maximum absolute atomic E-state index is 9.01. The number of ether oxygens (including phenoxy) is 1. The molecule has 1 N–H and O–H groups in total. The molecule has 0 amide bonds. The third-order valence-electron chi connectivity index (χ3n) is 1.39. The first-order valence-electron chi connectivity index (χ1n) is 4.32. The Morgan fingerprint density at radius 1 is 1.18 bits per heavy atom.